The van der Waals surface area contributed by atoms with Crippen molar-refractivity contribution in [3.63, 3.8) is 0 Å². The number of ether oxygens (including phenoxy) is 2. The highest BCUT2D eigenvalue weighted by atomic mass is 35.5. The topological polar surface area (TPSA) is 98.8 Å². The molecule has 4 rings (SSSR count). The van der Waals surface area contributed by atoms with Gasteiger partial charge in [-0.05, 0) is 54.5 Å². The number of methoxy groups -OCH3 is 1. The predicted octanol–water partition coefficient (Wildman–Crippen LogP) is 5.15. The number of hydrogen-bond acceptors (Lipinski definition) is 6. The Labute approximate surface area is 234 Å². The Balaban J connectivity index is 1.26. The molecule has 208 valence electrons. The van der Waals surface area contributed by atoms with Crippen LogP contribution in [0.15, 0.2) is 42.5 Å². The number of ketones is 2. The maximum Gasteiger partial charge on any atom is 0.325 e. The predicted molar refractivity (Wildman–Crippen MR) is 148 cm³/mol. The lowest BCUT2D eigenvalue weighted by Gasteiger charge is -2.23. The fourth-order valence-electron chi connectivity index (χ4n) is 5.57. The van der Waals surface area contributed by atoms with Crippen molar-refractivity contribution >= 4 is 35.0 Å². The summed E-state index contributed by atoms with van der Waals surface area (Å²) < 4.78 is 10.6. The fourth-order valence-corrected chi connectivity index (χ4v) is 5.74. The number of benzene rings is 2. The third-order valence-electron chi connectivity index (χ3n) is 7.81. The van der Waals surface area contributed by atoms with E-state index in [-0.39, 0.29) is 17.5 Å². The van der Waals surface area contributed by atoms with Gasteiger partial charge in [-0.2, -0.15) is 0 Å². The van der Waals surface area contributed by atoms with Crippen LogP contribution < -0.4 is 10.1 Å². The normalized spacial score (nSPS) is 20.4. The third-order valence-corrected chi connectivity index (χ3v) is 8.04. The van der Waals surface area contributed by atoms with Crippen molar-refractivity contribution in [3.8, 4) is 5.75 Å². The maximum atomic E-state index is 13.1. The molecular weight excluding hydrogens is 518 g/mol. The molecule has 8 heteroatoms. The van der Waals surface area contributed by atoms with Crippen LogP contribution in [0.1, 0.15) is 66.9 Å². The molecule has 2 aromatic carbocycles. The molecule has 1 heterocycles. The fraction of sp³-hybridized carbons (Fsp3) is 0.484. The highest BCUT2D eigenvalue weighted by Gasteiger charge is 2.49. The van der Waals surface area contributed by atoms with E-state index in [4.69, 9.17) is 21.1 Å². The lowest BCUT2D eigenvalue weighted by atomic mass is 9.82. The number of halogens is 1. The summed E-state index contributed by atoms with van der Waals surface area (Å²) in [5, 5.41) is 3.34. The van der Waals surface area contributed by atoms with Gasteiger partial charge in [0.2, 0.25) is 0 Å². The standard InChI is InChI=1S/C31H36ClNO6/c1-19(28(34)27-29(35)26(39-31(27)37)17-21-6-4-3-5-7-21)16-22-10-8-20(9-11-22)14-15-33-30(36)24-18-23(32)12-13-25(24)38-2/h8-13,18-19,21,26-27H,3-7,14-17H2,1-2H3,(H,33,36). The Bertz CT molecular complexity index is 1200. The van der Waals surface area contributed by atoms with Gasteiger partial charge in [-0.15, -0.1) is 0 Å². The van der Waals surface area contributed by atoms with E-state index in [1.165, 1.54) is 13.5 Å². The van der Waals surface area contributed by atoms with Crippen LogP contribution in [0, 0.1) is 17.8 Å². The second-order valence-electron chi connectivity index (χ2n) is 10.7. The zero-order chi connectivity index (χ0) is 27.9. The molecule has 39 heavy (non-hydrogen) atoms. The lowest BCUT2D eigenvalue weighted by Crippen LogP contribution is -2.33. The maximum absolute atomic E-state index is 13.1. The van der Waals surface area contributed by atoms with Gasteiger partial charge in [0.25, 0.3) is 5.91 Å². The molecular formula is C31H36ClNO6. The number of hydrogen-bond donors (Lipinski definition) is 1. The van der Waals surface area contributed by atoms with Crippen molar-refractivity contribution in [2.24, 2.45) is 17.8 Å². The smallest absolute Gasteiger partial charge is 0.325 e. The van der Waals surface area contributed by atoms with Gasteiger partial charge in [-0.1, -0.05) is 74.9 Å². The second-order valence-corrected chi connectivity index (χ2v) is 11.1. The molecule has 1 aliphatic carbocycles. The van der Waals surface area contributed by atoms with Gasteiger partial charge in [0, 0.05) is 17.5 Å². The number of esters is 1. The van der Waals surface area contributed by atoms with Crippen molar-refractivity contribution < 1.29 is 28.7 Å². The highest BCUT2D eigenvalue weighted by molar-refractivity contribution is 6.31. The molecule has 1 N–H and O–H groups in total. The summed E-state index contributed by atoms with van der Waals surface area (Å²) in [7, 11) is 1.50. The number of nitrogens with one attached hydrogen (secondary N) is 1. The summed E-state index contributed by atoms with van der Waals surface area (Å²) in [5.41, 5.74) is 2.34. The van der Waals surface area contributed by atoms with E-state index in [1.54, 1.807) is 25.1 Å². The SMILES string of the molecule is COc1ccc(Cl)cc1C(=O)NCCc1ccc(CC(C)C(=O)C2C(=O)OC(CC3CCCCC3)C2=O)cc1. The molecule has 2 aromatic rings. The van der Waals surface area contributed by atoms with Gasteiger partial charge >= 0.3 is 5.97 Å². The van der Waals surface area contributed by atoms with E-state index in [1.807, 2.05) is 24.3 Å². The van der Waals surface area contributed by atoms with Gasteiger partial charge < -0.3 is 14.8 Å². The van der Waals surface area contributed by atoms with Crippen LogP contribution in [0.5, 0.6) is 5.75 Å². The molecule has 0 aromatic heterocycles. The van der Waals surface area contributed by atoms with Crippen molar-refractivity contribution in [1.29, 1.82) is 0 Å². The Morgan fingerprint density at radius 2 is 1.74 bits per heavy atom. The Hall–Kier alpha value is -3.19. The molecule has 1 saturated carbocycles. The van der Waals surface area contributed by atoms with E-state index in [0.717, 1.165) is 36.8 Å². The molecule has 2 fully saturated rings. The first-order chi connectivity index (χ1) is 18.8. The number of carbonyl (C=O) groups excluding carboxylic acids is 4. The Kier molecular flexibility index (Phi) is 9.78. The molecule has 1 amide bonds. The largest absolute Gasteiger partial charge is 0.496 e. The summed E-state index contributed by atoms with van der Waals surface area (Å²) in [6.45, 7) is 2.18. The van der Waals surface area contributed by atoms with Crippen molar-refractivity contribution in [2.75, 3.05) is 13.7 Å². The molecule has 3 unspecified atom stereocenters. The minimum Gasteiger partial charge on any atom is -0.496 e. The van der Waals surface area contributed by atoms with Crippen LogP contribution >= 0.6 is 11.6 Å². The van der Waals surface area contributed by atoms with Crippen molar-refractivity contribution in [1.82, 2.24) is 5.32 Å². The van der Waals surface area contributed by atoms with E-state index in [0.29, 0.717) is 48.1 Å². The molecule has 3 atom stereocenters. The summed E-state index contributed by atoms with van der Waals surface area (Å²) in [5.74, 6) is -2.62. The van der Waals surface area contributed by atoms with Gasteiger partial charge in [-0.25, -0.2) is 0 Å². The van der Waals surface area contributed by atoms with E-state index in [2.05, 4.69) is 5.32 Å². The number of rotatable bonds is 11. The number of cyclic esters (lactones) is 1. The summed E-state index contributed by atoms with van der Waals surface area (Å²) in [6.07, 6.45) is 6.41. The molecule has 1 aliphatic heterocycles. The third kappa shape index (κ3) is 7.27. The van der Waals surface area contributed by atoms with Gasteiger partial charge in [0.05, 0.1) is 12.7 Å². The summed E-state index contributed by atoms with van der Waals surface area (Å²) in [6, 6.07) is 12.7. The van der Waals surface area contributed by atoms with E-state index < -0.39 is 23.9 Å². The molecule has 0 spiro atoms. The zero-order valence-electron chi connectivity index (χ0n) is 22.5. The quantitative estimate of drug-likeness (QED) is 0.305. The van der Waals surface area contributed by atoms with Crippen LogP contribution in [-0.2, 0) is 32.0 Å². The van der Waals surface area contributed by atoms with Crippen LogP contribution in [-0.4, -0.2) is 43.2 Å². The molecule has 0 bridgehead atoms. The van der Waals surface area contributed by atoms with E-state index in [9.17, 15) is 19.2 Å². The lowest BCUT2D eigenvalue weighted by molar-refractivity contribution is -0.148. The van der Waals surface area contributed by atoms with Crippen molar-refractivity contribution in [3.05, 3.63) is 64.2 Å². The minimum atomic E-state index is -1.30. The molecule has 7 nitrogen and oxygen atoms in total. The monoisotopic (exact) mass is 553 g/mol. The number of carbonyl (C=O) groups is 4. The van der Waals surface area contributed by atoms with Crippen molar-refractivity contribution in [2.45, 2.75) is 64.4 Å². The van der Waals surface area contributed by atoms with Crippen LogP contribution in [0.25, 0.3) is 0 Å². The first-order valence-corrected chi connectivity index (χ1v) is 14.1. The summed E-state index contributed by atoms with van der Waals surface area (Å²) >= 11 is 6.02. The Morgan fingerprint density at radius 3 is 2.44 bits per heavy atom. The van der Waals surface area contributed by atoms with Crippen LogP contribution in [0.3, 0.4) is 0 Å². The average molecular weight is 554 g/mol. The molecule has 1 saturated heterocycles. The minimum absolute atomic E-state index is 0.265. The Morgan fingerprint density at radius 1 is 1.05 bits per heavy atom. The average Bonchev–Trinajstić information content (AvgIpc) is 3.21. The van der Waals surface area contributed by atoms with Crippen LogP contribution in [0.2, 0.25) is 5.02 Å². The first kappa shape index (κ1) is 28.8. The summed E-state index contributed by atoms with van der Waals surface area (Å²) in [4.78, 5) is 51.0. The number of Topliss-reactive ketones (excluding diaryl/α,β-unsaturated/α-hetero) is 2. The van der Waals surface area contributed by atoms with Gasteiger partial charge in [0.15, 0.2) is 23.6 Å². The first-order valence-electron chi connectivity index (χ1n) is 13.7. The highest BCUT2D eigenvalue weighted by Crippen LogP contribution is 2.32. The molecule has 0 radical (unpaired) electrons. The van der Waals surface area contributed by atoms with E-state index >= 15 is 0 Å². The van der Waals surface area contributed by atoms with Gasteiger partial charge in [0.1, 0.15) is 5.75 Å². The number of amides is 1. The van der Waals surface area contributed by atoms with Crippen LogP contribution in [0.4, 0.5) is 0 Å². The second kappa shape index (κ2) is 13.2. The molecule has 2 aliphatic rings. The van der Waals surface area contributed by atoms with Gasteiger partial charge in [-0.3, -0.25) is 19.2 Å². The zero-order valence-corrected chi connectivity index (χ0v) is 23.3.